The molecule has 0 atom stereocenters. The Kier molecular flexibility index (Phi) is 2.07. The van der Waals surface area contributed by atoms with Crippen molar-refractivity contribution in [2.24, 2.45) is 0 Å². The van der Waals surface area contributed by atoms with Gasteiger partial charge in [0.2, 0.25) is 0 Å². The number of hydrogen-bond acceptors (Lipinski definition) is 0. The van der Waals surface area contributed by atoms with Crippen molar-refractivity contribution in [3.8, 4) is 6.04 Å². The van der Waals surface area contributed by atoms with Gasteiger partial charge in [-0.3, -0.25) is 0 Å². The molecule has 1 rings (SSSR count). The van der Waals surface area contributed by atoms with Gasteiger partial charge in [0.1, 0.15) is 0 Å². The molecular weight excluding hydrogens is 150 g/mol. The molecule has 0 unspecified atom stereocenters. The van der Waals surface area contributed by atoms with Crippen LogP contribution >= 0.6 is 0 Å². The van der Waals surface area contributed by atoms with E-state index in [-0.39, 0.29) is 0 Å². The Bertz CT molecular complexity index is 285. The van der Waals surface area contributed by atoms with Crippen molar-refractivity contribution in [3.63, 3.8) is 0 Å². The van der Waals surface area contributed by atoms with Crippen LogP contribution in [-0.2, 0) is 0 Å². The SMILES string of the molecule is [C+]#Cn1cccc1[Si](C)(C)C. The molecule has 0 spiro atoms. The Morgan fingerprint density at radius 3 is 2.45 bits per heavy atom. The third-order valence-electron chi connectivity index (χ3n) is 1.64. The van der Waals surface area contributed by atoms with Crippen molar-refractivity contribution in [1.82, 2.24) is 4.57 Å². The van der Waals surface area contributed by atoms with Gasteiger partial charge >= 0.3 is 68.4 Å². The first-order chi connectivity index (χ1) is 5.05. The molecule has 0 aliphatic carbocycles. The van der Waals surface area contributed by atoms with E-state index >= 15 is 0 Å². The van der Waals surface area contributed by atoms with Gasteiger partial charge in [0, 0.05) is 0 Å². The Hall–Kier alpha value is -0.723. The molecule has 0 aromatic carbocycles. The maximum absolute atomic E-state index is 7.02. The van der Waals surface area contributed by atoms with Crippen LogP contribution in [0, 0.1) is 12.5 Å². The molecule has 1 aromatic heterocycles. The molecule has 1 heterocycles. The first-order valence-electron chi connectivity index (χ1n) is 3.66. The van der Waals surface area contributed by atoms with Gasteiger partial charge in [-0.15, -0.1) is 0 Å². The predicted molar refractivity (Wildman–Crippen MR) is 49.9 cm³/mol. The zero-order valence-corrected chi connectivity index (χ0v) is 8.18. The second-order valence-electron chi connectivity index (χ2n) is 3.63. The molecule has 0 saturated carbocycles. The minimum atomic E-state index is -1.27. The Labute approximate surface area is 69.1 Å². The fourth-order valence-electron chi connectivity index (χ4n) is 1.09. The normalized spacial score (nSPS) is 11.4. The third kappa shape index (κ3) is 1.65. The van der Waals surface area contributed by atoms with Crippen molar-refractivity contribution in [2.75, 3.05) is 0 Å². The fraction of sp³-hybridized carbons (Fsp3) is 0.333. The predicted octanol–water partition coefficient (Wildman–Crippen LogP) is 1.43. The molecule has 56 valence electrons. The van der Waals surface area contributed by atoms with Crippen molar-refractivity contribution in [2.45, 2.75) is 19.6 Å². The van der Waals surface area contributed by atoms with Gasteiger partial charge in [0.05, 0.1) is 0 Å². The minimum absolute atomic E-state index is 1.26. The van der Waals surface area contributed by atoms with Gasteiger partial charge in [-0.05, 0) is 0 Å². The molecule has 0 saturated heterocycles. The Morgan fingerprint density at radius 2 is 2.09 bits per heavy atom. The molecule has 2 heteroatoms. The van der Waals surface area contributed by atoms with Gasteiger partial charge in [0.25, 0.3) is 0 Å². The van der Waals surface area contributed by atoms with Crippen molar-refractivity contribution < 1.29 is 0 Å². The summed E-state index contributed by atoms with van der Waals surface area (Å²) in [7, 11) is -1.27. The number of nitrogens with zero attached hydrogens (tertiary/aromatic N) is 1. The van der Waals surface area contributed by atoms with Crippen LogP contribution in [0.25, 0.3) is 0 Å². The Morgan fingerprint density at radius 1 is 1.45 bits per heavy atom. The van der Waals surface area contributed by atoms with E-state index in [1.807, 2.05) is 12.3 Å². The van der Waals surface area contributed by atoms with Crippen molar-refractivity contribution in [1.29, 1.82) is 0 Å². The zero-order valence-electron chi connectivity index (χ0n) is 7.18. The topological polar surface area (TPSA) is 4.93 Å². The van der Waals surface area contributed by atoms with E-state index < -0.39 is 8.07 Å². The van der Waals surface area contributed by atoms with Crippen LogP contribution in [0.5, 0.6) is 0 Å². The summed E-state index contributed by atoms with van der Waals surface area (Å²) in [5.41, 5.74) is 0. The average molecular weight is 162 g/mol. The van der Waals surface area contributed by atoms with E-state index in [1.54, 1.807) is 4.57 Å². The monoisotopic (exact) mass is 162 g/mol. The molecule has 11 heavy (non-hydrogen) atoms. The number of rotatable bonds is 1. The summed E-state index contributed by atoms with van der Waals surface area (Å²) in [5, 5.41) is 1.26. The molecule has 0 fully saturated rings. The summed E-state index contributed by atoms with van der Waals surface area (Å²) in [6, 6.07) is 6.43. The standard InChI is InChI=1S/C9H12NSi/c1-5-10-8-6-7-9(10)11(2,3)4/h6-8H,2-4H3/q+1. The summed E-state index contributed by atoms with van der Waals surface area (Å²) in [6.07, 6.45) is 8.89. The zero-order chi connectivity index (χ0) is 8.48. The van der Waals surface area contributed by atoms with E-state index in [1.165, 1.54) is 5.32 Å². The summed E-state index contributed by atoms with van der Waals surface area (Å²) in [6.45, 7) is 6.78. The van der Waals surface area contributed by atoms with E-state index in [0.717, 1.165) is 0 Å². The van der Waals surface area contributed by atoms with E-state index in [9.17, 15) is 0 Å². The van der Waals surface area contributed by atoms with Crippen LogP contribution in [0.2, 0.25) is 19.6 Å². The van der Waals surface area contributed by atoms with E-state index in [4.69, 9.17) is 6.42 Å². The molecule has 0 amide bonds. The van der Waals surface area contributed by atoms with Gasteiger partial charge in [-0.1, -0.05) is 0 Å². The molecular formula is C9H12NSi+. The van der Waals surface area contributed by atoms with Crippen LogP contribution in [0.3, 0.4) is 0 Å². The molecule has 0 N–H and O–H groups in total. The molecule has 1 aromatic rings. The molecule has 0 bridgehead atoms. The van der Waals surface area contributed by atoms with E-state index in [0.29, 0.717) is 0 Å². The van der Waals surface area contributed by atoms with Crippen LogP contribution in [0.1, 0.15) is 0 Å². The van der Waals surface area contributed by atoms with Crippen LogP contribution in [0.4, 0.5) is 0 Å². The quantitative estimate of drug-likeness (QED) is 0.334. The van der Waals surface area contributed by atoms with Crippen LogP contribution in [-0.4, -0.2) is 12.6 Å². The fourth-order valence-corrected chi connectivity index (χ4v) is 2.54. The van der Waals surface area contributed by atoms with Crippen molar-refractivity contribution >= 4 is 13.4 Å². The molecule has 1 nitrogen and oxygen atoms in total. The number of aromatic nitrogens is 1. The maximum atomic E-state index is 7.02. The second-order valence-corrected chi connectivity index (χ2v) is 8.64. The summed E-state index contributed by atoms with van der Waals surface area (Å²) < 4.78 is 1.77. The van der Waals surface area contributed by atoms with E-state index in [2.05, 4.69) is 31.8 Å². The van der Waals surface area contributed by atoms with Crippen molar-refractivity contribution in [3.05, 3.63) is 24.8 Å². The van der Waals surface area contributed by atoms with Gasteiger partial charge in [0.15, 0.2) is 0 Å². The number of hydrogen-bond donors (Lipinski definition) is 0. The van der Waals surface area contributed by atoms with Gasteiger partial charge < -0.3 is 0 Å². The average Bonchev–Trinajstić information content (AvgIpc) is 2.31. The second kappa shape index (κ2) is 2.72. The third-order valence-corrected chi connectivity index (χ3v) is 3.58. The summed E-state index contributed by atoms with van der Waals surface area (Å²) in [5.74, 6) is 0. The first-order valence-corrected chi connectivity index (χ1v) is 7.16. The Balaban J connectivity index is 3.15. The molecule has 0 radical (unpaired) electrons. The first kappa shape index (κ1) is 8.37. The summed E-state index contributed by atoms with van der Waals surface area (Å²) >= 11 is 0. The van der Waals surface area contributed by atoms with Crippen LogP contribution in [0.15, 0.2) is 18.3 Å². The van der Waals surface area contributed by atoms with Gasteiger partial charge in [-0.25, -0.2) is 0 Å². The van der Waals surface area contributed by atoms with Crippen LogP contribution < -0.4 is 5.32 Å². The molecule has 0 aliphatic rings. The van der Waals surface area contributed by atoms with Gasteiger partial charge in [-0.2, -0.15) is 0 Å². The molecule has 0 aliphatic heterocycles. The summed E-state index contributed by atoms with van der Waals surface area (Å²) in [4.78, 5) is 0.